The van der Waals surface area contributed by atoms with E-state index in [1.165, 1.54) is 6.07 Å². The Morgan fingerprint density at radius 3 is 2.50 bits per heavy atom. The third-order valence-electron chi connectivity index (χ3n) is 4.17. The fourth-order valence-electron chi connectivity index (χ4n) is 2.88. The zero-order chi connectivity index (χ0) is 14.1. The van der Waals surface area contributed by atoms with E-state index in [-0.39, 0.29) is 5.56 Å². The van der Waals surface area contributed by atoms with Gasteiger partial charge >= 0.3 is 0 Å². The van der Waals surface area contributed by atoms with Gasteiger partial charge < -0.3 is 16.0 Å². The molecular formula is C14H19FN4O. The molecule has 2 aliphatic rings. The summed E-state index contributed by atoms with van der Waals surface area (Å²) in [7, 11) is 0. The van der Waals surface area contributed by atoms with Crippen LogP contribution in [0.25, 0.3) is 0 Å². The van der Waals surface area contributed by atoms with E-state index in [9.17, 15) is 9.18 Å². The summed E-state index contributed by atoms with van der Waals surface area (Å²) in [5, 5.41) is 3.27. The molecule has 5 nitrogen and oxygen atoms in total. The summed E-state index contributed by atoms with van der Waals surface area (Å²) in [6.07, 6.45) is 0. The first-order valence-electron chi connectivity index (χ1n) is 6.95. The zero-order valence-electron chi connectivity index (χ0n) is 11.3. The van der Waals surface area contributed by atoms with Crippen LogP contribution in [-0.2, 0) is 0 Å². The maximum absolute atomic E-state index is 13.8. The fourth-order valence-corrected chi connectivity index (χ4v) is 2.88. The molecule has 0 spiro atoms. The van der Waals surface area contributed by atoms with Crippen LogP contribution < -0.4 is 16.0 Å². The van der Waals surface area contributed by atoms with Crippen molar-refractivity contribution in [2.45, 2.75) is 6.04 Å². The molecule has 0 aliphatic carbocycles. The van der Waals surface area contributed by atoms with Crippen molar-refractivity contribution in [3.8, 4) is 0 Å². The van der Waals surface area contributed by atoms with Crippen LogP contribution in [0.5, 0.6) is 0 Å². The van der Waals surface area contributed by atoms with Crippen LogP contribution >= 0.6 is 0 Å². The summed E-state index contributed by atoms with van der Waals surface area (Å²) in [6.45, 7) is 5.54. The lowest BCUT2D eigenvalue weighted by molar-refractivity contribution is 0.0996. The summed E-state index contributed by atoms with van der Waals surface area (Å²) >= 11 is 0. The number of nitrogens with two attached hydrogens (primary N) is 1. The second kappa shape index (κ2) is 5.38. The Morgan fingerprint density at radius 1 is 1.25 bits per heavy atom. The second-order valence-electron chi connectivity index (χ2n) is 5.33. The van der Waals surface area contributed by atoms with E-state index in [1.807, 2.05) is 4.90 Å². The van der Waals surface area contributed by atoms with Crippen LogP contribution in [0.3, 0.4) is 0 Å². The first-order valence-corrected chi connectivity index (χ1v) is 6.95. The van der Waals surface area contributed by atoms with Crippen molar-refractivity contribution in [3.05, 3.63) is 29.6 Å². The van der Waals surface area contributed by atoms with E-state index in [1.54, 1.807) is 12.1 Å². The van der Waals surface area contributed by atoms with E-state index < -0.39 is 11.7 Å². The Labute approximate surface area is 117 Å². The van der Waals surface area contributed by atoms with Crippen molar-refractivity contribution in [2.75, 3.05) is 44.2 Å². The molecule has 1 aromatic carbocycles. The Balaban J connectivity index is 1.74. The lowest BCUT2D eigenvalue weighted by Gasteiger charge is -2.44. The Hall–Kier alpha value is -1.66. The molecule has 0 unspecified atom stereocenters. The van der Waals surface area contributed by atoms with E-state index >= 15 is 0 Å². The number of hydrogen-bond acceptors (Lipinski definition) is 4. The number of primary amides is 1. The van der Waals surface area contributed by atoms with Crippen LogP contribution in [0.4, 0.5) is 10.1 Å². The molecule has 1 aromatic rings. The maximum atomic E-state index is 13.8. The normalized spacial score (nSPS) is 20.8. The molecule has 0 atom stereocenters. The zero-order valence-corrected chi connectivity index (χ0v) is 11.3. The lowest BCUT2D eigenvalue weighted by atomic mass is 10.1. The monoisotopic (exact) mass is 278 g/mol. The van der Waals surface area contributed by atoms with Gasteiger partial charge in [0.2, 0.25) is 0 Å². The molecule has 3 rings (SSSR count). The van der Waals surface area contributed by atoms with Crippen molar-refractivity contribution in [3.63, 3.8) is 0 Å². The maximum Gasteiger partial charge on any atom is 0.253 e. The standard InChI is InChI=1S/C14H19FN4O/c15-11-2-1-3-12(13(11)14(16)20)19-6-4-18(5-7-19)10-8-17-9-10/h1-3,10,17H,4-9H2,(H2,16,20). The van der Waals surface area contributed by atoms with Gasteiger partial charge in [-0.05, 0) is 12.1 Å². The molecule has 2 fully saturated rings. The second-order valence-corrected chi connectivity index (χ2v) is 5.33. The van der Waals surface area contributed by atoms with Crippen LogP contribution in [0.1, 0.15) is 10.4 Å². The molecule has 2 aliphatic heterocycles. The first kappa shape index (κ1) is 13.3. The number of carbonyl (C=O) groups excluding carboxylic acids is 1. The highest BCUT2D eigenvalue weighted by molar-refractivity contribution is 5.99. The van der Waals surface area contributed by atoms with Gasteiger partial charge in [-0.1, -0.05) is 6.07 Å². The minimum absolute atomic E-state index is 0.00580. The molecule has 0 bridgehead atoms. The van der Waals surface area contributed by atoms with Crippen LogP contribution in [0.15, 0.2) is 18.2 Å². The topological polar surface area (TPSA) is 61.6 Å². The van der Waals surface area contributed by atoms with Crippen molar-refractivity contribution < 1.29 is 9.18 Å². The number of rotatable bonds is 3. The molecule has 20 heavy (non-hydrogen) atoms. The predicted molar refractivity (Wildman–Crippen MR) is 75.4 cm³/mol. The molecule has 6 heteroatoms. The molecule has 0 radical (unpaired) electrons. The highest BCUT2D eigenvalue weighted by Crippen LogP contribution is 2.24. The van der Waals surface area contributed by atoms with Gasteiger partial charge in [0.25, 0.3) is 5.91 Å². The van der Waals surface area contributed by atoms with Crippen molar-refractivity contribution in [1.29, 1.82) is 0 Å². The summed E-state index contributed by atoms with van der Waals surface area (Å²) in [4.78, 5) is 15.9. The van der Waals surface area contributed by atoms with Gasteiger partial charge in [0.1, 0.15) is 5.82 Å². The lowest BCUT2D eigenvalue weighted by Crippen LogP contribution is -2.61. The number of benzene rings is 1. The predicted octanol–water partition coefficient (Wildman–Crippen LogP) is 0.0184. The molecule has 2 saturated heterocycles. The SMILES string of the molecule is NC(=O)c1c(F)cccc1N1CCN(C2CNC2)CC1. The molecular weight excluding hydrogens is 259 g/mol. The summed E-state index contributed by atoms with van der Waals surface area (Å²) in [6, 6.07) is 5.29. The molecule has 0 aromatic heterocycles. The molecule has 1 amide bonds. The minimum Gasteiger partial charge on any atom is -0.368 e. The number of piperazine rings is 1. The molecule has 0 saturated carbocycles. The average Bonchev–Trinajstić information content (AvgIpc) is 2.37. The van der Waals surface area contributed by atoms with Gasteiger partial charge in [-0.15, -0.1) is 0 Å². The van der Waals surface area contributed by atoms with Gasteiger partial charge in [-0.2, -0.15) is 0 Å². The van der Waals surface area contributed by atoms with Crippen LogP contribution in [-0.4, -0.2) is 56.1 Å². The van der Waals surface area contributed by atoms with Crippen molar-refractivity contribution >= 4 is 11.6 Å². The van der Waals surface area contributed by atoms with Crippen molar-refractivity contribution in [1.82, 2.24) is 10.2 Å². The number of amides is 1. The van der Waals surface area contributed by atoms with Crippen molar-refractivity contribution in [2.24, 2.45) is 5.73 Å². The number of anilines is 1. The van der Waals surface area contributed by atoms with Gasteiger partial charge in [0, 0.05) is 45.3 Å². The van der Waals surface area contributed by atoms with Crippen LogP contribution in [0, 0.1) is 5.82 Å². The van der Waals surface area contributed by atoms with E-state index in [2.05, 4.69) is 10.2 Å². The van der Waals surface area contributed by atoms with Gasteiger partial charge in [-0.3, -0.25) is 9.69 Å². The highest BCUT2D eigenvalue weighted by Gasteiger charge is 2.29. The number of halogens is 1. The number of nitrogens with one attached hydrogen (secondary N) is 1. The number of nitrogens with zero attached hydrogens (tertiary/aromatic N) is 2. The molecule has 3 N–H and O–H groups in total. The largest absolute Gasteiger partial charge is 0.368 e. The molecule has 2 heterocycles. The van der Waals surface area contributed by atoms with Gasteiger partial charge in [0.15, 0.2) is 0 Å². The highest BCUT2D eigenvalue weighted by atomic mass is 19.1. The van der Waals surface area contributed by atoms with Crippen LogP contribution in [0.2, 0.25) is 0 Å². The smallest absolute Gasteiger partial charge is 0.253 e. The van der Waals surface area contributed by atoms with E-state index in [0.29, 0.717) is 11.7 Å². The average molecular weight is 278 g/mol. The third-order valence-corrected chi connectivity index (χ3v) is 4.17. The number of carbonyl (C=O) groups is 1. The Bertz CT molecular complexity index is 510. The molecule has 108 valence electrons. The number of hydrogen-bond donors (Lipinski definition) is 2. The fraction of sp³-hybridized carbons (Fsp3) is 0.500. The van der Waals surface area contributed by atoms with E-state index in [4.69, 9.17) is 5.73 Å². The third kappa shape index (κ3) is 2.36. The summed E-state index contributed by atoms with van der Waals surface area (Å²) in [5.41, 5.74) is 5.92. The Morgan fingerprint density at radius 2 is 1.95 bits per heavy atom. The van der Waals surface area contributed by atoms with Gasteiger partial charge in [-0.25, -0.2) is 4.39 Å². The van der Waals surface area contributed by atoms with E-state index in [0.717, 1.165) is 39.3 Å². The summed E-state index contributed by atoms with van der Waals surface area (Å²) in [5.74, 6) is -1.25. The minimum atomic E-state index is -0.705. The quantitative estimate of drug-likeness (QED) is 0.818. The Kier molecular flexibility index (Phi) is 3.58. The summed E-state index contributed by atoms with van der Waals surface area (Å²) < 4.78 is 13.8. The van der Waals surface area contributed by atoms with Gasteiger partial charge in [0.05, 0.1) is 11.3 Å². The first-order chi connectivity index (χ1) is 9.66.